The van der Waals surface area contributed by atoms with E-state index in [-0.39, 0.29) is 5.91 Å². The summed E-state index contributed by atoms with van der Waals surface area (Å²) in [5.41, 5.74) is 5.54. The predicted octanol–water partition coefficient (Wildman–Crippen LogP) is 1.68. The molecule has 106 valence electrons. The Morgan fingerprint density at radius 3 is 2.72 bits per heavy atom. The number of nitrogens with one attached hydrogen (secondary N) is 1. The number of hydrogen-bond donors (Lipinski definition) is 2. The molecular formula is C14H28N2O2. The quantitative estimate of drug-likeness (QED) is 0.660. The van der Waals surface area contributed by atoms with Crippen LogP contribution in [0.5, 0.6) is 0 Å². The van der Waals surface area contributed by atoms with E-state index in [4.69, 9.17) is 10.5 Å². The minimum atomic E-state index is 0.186. The maximum absolute atomic E-state index is 11.8. The van der Waals surface area contributed by atoms with Crippen LogP contribution in [0.1, 0.15) is 46.0 Å². The molecule has 1 unspecified atom stereocenters. The standard InChI is InChI=1S/C14H28N2O2/c1-3-11(5-6-15)10-16-14(17)9-12-7-13(8-12)18-4-2/h11-13H,3-10,15H2,1-2H3,(H,16,17). The predicted molar refractivity (Wildman–Crippen MR) is 73.2 cm³/mol. The van der Waals surface area contributed by atoms with Crippen molar-refractivity contribution in [1.29, 1.82) is 0 Å². The molecule has 4 nitrogen and oxygen atoms in total. The van der Waals surface area contributed by atoms with Gasteiger partial charge in [-0.1, -0.05) is 13.3 Å². The lowest BCUT2D eigenvalue weighted by Gasteiger charge is -2.34. The van der Waals surface area contributed by atoms with E-state index in [1.54, 1.807) is 0 Å². The number of carbonyl (C=O) groups excluding carboxylic acids is 1. The van der Waals surface area contributed by atoms with Gasteiger partial charge >= 0.3 is 0 Å². The molecule has 0 aliphatic heterocycles. The second kappa shape index (κ2) is 8.48. The van der Waals surface area contributed by atoms with Crippen LogP contribution >= 0.6 is 0 Å². The first kappa shape index (κ1) is 15.4. The van der Waals surface area contributed by atoms with Gasteiger partial charge in [-0.05, 0) is 44.6 Å². The summed E-state index contributed by atoms with van der Waals surface area (Å²) in [7, 11) is 0. The van der Waals surface area contributed by atoms with Crippen molar-refractivity contribution in [3.8, 4) is 0 Å². The molecule has 4 heteroatoms. The van der Waals surface area contributed by atoms with Crippen LogP contribution in [0, 0.1) is 11.8 Å². The SMILES string of the molecule is CCOC1CC(CC(=O)NCC(CC)CCN)C1. The Balaban J connectivity index is 2.07. The summed E-state index contributed by atoms with van der Waals surface area (Å²) in [6.45, 7) is 6.41. The van der Waals surface area contributed by atoms with Crippen molar-refractivity contribution < 1.29 is 9.53 Å². The molecule has 18 heavy (non-hydrogen) atoms. The van der Waals surface area contributed by atoms with Gasteiger partial charge in [0.15, 0.2) is 0 Å². The van der Waals surface area contributed by atoms with Gasteiger partial charge in [0.1, 0.15) is 0 Å². The first-order valence-corrected chi connectivity index (χ1v) is 7.27. The molecule has 3 N–H and O–H groups in total. The summed E-state index contributed by atoms with van der Waals surface area (Å²) in [5.74, 6) is 1.23. The van der Waals surface area contributed by atoms with Crippen molar-refractivity contribution in [3.05, 3.63) is 0 Å². The molecule has 1 aliphatic rings. The molecule has 0 heterocycles. The highest BCUT2D eigenvalue weighted by molar-refractivity contribution is 5.76. The fourth-order valence-corrected chi connectivity index (χ4v) is 2.49. The van der Waals surface area contributed by atoms with Crippen LogP contribution in [-0.2, 0) is 9.53 Å². The fourth-order valence-electron chi connectivity index (χ4n) is 2.49. The number of nitrogens with two attached hydrogens (primary N) is 1. The Morgan fingerprint density at radius 2 is 2.17 bits per heavy atom. The van der Waals surface area contributed by atoms with E-state index < -0.39 is 0 Å². The number of hydrogen-bond acceptors (Lipinski definition) is 3. The van der Waals surface area contributed by atoms with Crippen molar-refractivity contribution >= 4 is 5.91 Å². The fraction of sp³-hybridized carbons (Fsp3) is 0.929. The number of amides is 1. The molecule has 1 aliphatic carbocycles. The van der Waals surface area contributed by atoms with Gasteiger partial charge in [0.25, 0.3) is 0 Å². The molecule has 1 fully saturated rings. The maximum atomic E-state index is 11.8. The molecule has 1 saturated carbocycles. The van der Waals surface area contributed by atoms with E-state index in [9.17, 15) is 4.79 Å². The zero-order chi connectivity index (χ0) is 13.4. The van der Waals surface area contributed by atoms with Gasteiger partial charge < -0.3 is 15.8 Å². The Morgan fingerprint density at radius 1 is 1.44 bits per heavy atom. The molecule has 0 bridgehead atoms. The van der Waals surface area contributed by atoms with E-state index in [2.05, 4.69) is 12.2 Å². The average Bonchev–Trinajstić information content (AvgIpc) is 2.32. The van der Waals surface area contributed by atoms with E-state index in [0.717, 1.165) is 38.8 Å². The van der Waals surface area contributed by atoms with Crippen LogP contribution in [0.4, 0.5) is 0 Å². The number of carbonyl (C=O) groups is 1. The zero-order valence-electron chi connectivity index (χ0n) is 11.8. The highest BCUT2D eigenvalue weighted by atomic mass is 16.5. The van der Waals surface area contributed by atoms with Crippen molar-refractivity contribution in [2.24, 2.45) is 17.6 Å². The van der Waals surface area contributed by atoms with Crippen LogP contribution in [0.25, 0.3) is 0 Å². The molecule has 0 aromatic rings. The lowest BCUT2D eigenvalue weighted by atomic mass is 9.80. The van der Waals surface area contributed by atoms with Crippen LogP contribution in [-0.4, -0.2) is 31.7 Å². The number of rotatable bonds is 9. The van der Waals surface area contributed by atoms with Crippen LogP contribution in [0.3, 0.4) is 0 Å². The largest absolute Gasteiger partial charge is 0.378 e. The normalized spacial score (nSPS) is 24.4. The van der Waals surface area contributed by atoms with Crippen LogP contribution in [0.15, 0.2) is 0 Å². The van der Waals surface area contributed by atoms with Crippen molar-refractivity contribution in [3.63, 3.8) is 0 Å². The Bertz CT molecular complexity index is 240. The molecule has 0 saturated heterocycles. The van der Waals surface area contributed by atoms with Crippen LogP contribution in [0.2, 0.25) is 0 Å². The molecule has 0 aromatic carbocycles. The zero-order valence-corrected chi connectivity index (χ0v) is 11.8. The lowest BCUT2D eigenvalue weighted by Crippen LogP contribution is -2.37. The van der Waals surface area contributed by atoms with Crippen LogP contribution < -0.4 is 11.1 Å². The van der Waals surface area contributed by atoms with Crippen molar-refractivity contribution in [2.75, 3.05) is 19.7 Å². The molecule has 1 rings (SSSR count). The highest BCUT2D eigenvalue weighted by Crippen LogP contribution is 2.32. The first-order valence-electron chi connectivity index (χ1n) is 7.27. The van der Waals surface area contributed by atoms with Gasteiger partial charge in [0, 0.05) is 19.6 Å². The summed E-state index contributed by atoms with van der Waals surface area (Å²) in [4.78, 5) is 11.8. The Labute approximate surface area is 111 Å². The minimum Gasteiger partial charge on any atom is -0.378 e. The smallest absolute Gasteiger partial charge is 0.220 e. The van der Waals surface area contributed by atoms with Gasteiger partial charge in [0.2, 0.25) is 5.91 Å². The lowest BCUT2D eigenvalue weighted by molar-refractivity contribution is -0.124. The molecule has 1 amide bonds. The van der Waals surface area contributed by atoms with Gasteiger partial charge in [-0.15, -0.1) is 0 Å². The molecular weight excluding hydrogens is 228 g/mol. The average molecular weight is 256 g/mol. The third kappa shape index (κ3) is 5.36. The number of ether oxygens (including phenoxy) is 1. The molecule has 1 atom stereocenters. The summed E-state index contributed by atoms with van der Waals surface area (Å²) in [6, 6.07) is 0. The van der Waals surface area contributed by atoms with Crippen molar-refractivity contribution in [1.82, 2.24) is 5.32 Å². The van der Waals surface area contributed by atoms with Gasteiger partial charge in [-0.3, -0.25) is 4.79 Å². The minimum absolute atomic E-state index is 0.186. The highest BCUT2D eigenvalue weighted by Gasteiger charge is 2.30. The summed E-state index contributed by atoms with van der Waals surface area (Å²) >= 11 is 0. The molecule has 0 radical (unpaired) electrons. The van der Waals surface area contributed by atoms with E-state index in [0.29, 0.717) is 30.9 Å². The summed E-state index contributed by atoms with van der Waals surface area (Å²) in [5, 5.41) is 3.03. The second-order valence-corrected chi connectivity index (χ2v) is 5.27. The monoisotopic (exact) mass is 256 g/mol. The van der Waals surface area contributed by atoms with E-state index in [1.807, 2.05) is 6.92 Å². The third-order valence-corrected chi connectivity index (χ3v) is 3.81. The topological polar surface area (TPSA) is 64.3 Å². The summed E-state index contributed by atoms with van der Waals surface area (Å²) < 4.78 is 5.49. The van der Waals surface area contributed by atoms with Crippen molar-refractivity contribution in [2.45, 2.75) is 52.1 Å². The molecule has 0 spiro atoms. The maximum Gasteiger partial charge on any atom is 0.220 e. The van der Waals surface area contributed by atoms with E-state index in [1.165, 1.54) is 0 Å². The second-order valence-electron chi connectivity index (χ2n) is 5.27. The van der Waals surface area contributed by atoms with Gasteiger partial charge in [0.05, 0.1) is 6.10 Å². The Kier molecular flexibility index (Phi) is 7.28. The van der Waals surface area contributed by atoms with Gasteiger partial charge in [-0.25, -0.2) is 0 Å². The third-order valence-electron chi connectivity index (χ3n) is 3.81. The summed E-state index contributed by atoms with van der Waals surface area (Å²) in [6.07, 6.45) is 5.21. The molecule has 0 aromatic heterocycles. The first-order chi connectivity index (χ1) is 8.69. The van der Waals surface area contributed by atoms with E-state index >= 15 is 0 Å². The Hall–Kier alpha value is -0.610. The van der Waals surface area contributed by atoms with Gasteiger partial charge in [-0.2, -0.15) is 0 Å².